The van der Waals surface area contributed by atoms with E-state index in [0.29, 0.717) is 6.04 Å². The number of hydrogen-bond donors (Lipinski definition) is 1. The summed E-state index contributed by atoms with van der Waals surface area (Å²) in [7, 11) is 0. The fourth-order valence-corrected chi connectivity index (χ4v) is 2.67. The van der Waals surface area contributed by atoms with Crippen LogP contribution in [0.1, 0.15) is 63.4 Å². The molecule has 0 aliphatic carbocycles. The Bertz CT molecular complexity index is 368. The Balaban J connectivity index is 2.30. The Morgan fingerprint density at radius 1 is 1.21 bits per heavy atom. The SMILES string of the molecule is CCCNC(C)CCCCn1nc(C)c(CC)c1C. The van der Waals surface area contributed by atoms with E-state index in [9.17, 15) is 0 Å². The van der Waals surface area contributed by atoms with Crippen LogP contribution < -0.4 is 5.32 Å². The zero-order valence-corrected chi connectivity index (χ0v) is 13.4. The third-order valence-electron chi connectivity index (χ3n) is 3.88. The van der Waals surface area contributed by atoms with Crippen LogP contribution in [-0.4, -0.2) is 22.4 Å². The summed E-state index contributed by atoms with van der Waals surface area (Å²) in [5.41, 5.74) is 3.99. The quantitative estimate of drug-likeness (QED) is 0.691. The molecule has 0 bridgehead atoms. The molecule has 1 heterocycles. The monoisotopic (exact) mass is 265 g/mol. The molecule has 110 valence electrons. The molecule has 0 saturated carbocycles. The van der Waals surface area contributed by atoms with Crippen LogP contribution in [0.25, 0.3) is 0 Å². The Kier molecular flexibility index (Phi) is 7.14. The largest absolute Gasteiger partial charge is 0.314 e. The molecule has 0 amide bonds. The van der Waals surface area contributed by atoms with E-state index in [4.69, 9.17) is 0 Å². The van der Waals surface area contributed by atoms with Crippen molar-refractivity contribution in [2.24, 2.45) is 0 Å². The van der Waals surface area contributed by atoms with E-state index < -0.39 is 0 Å². The maximum Gasteiger partial charge on any atom is 0.0628 e. The average Bonchev–Trinajstić information content (AvgIpc) is 2.66. The van der Waals surface area contributed by atoms with Crippen LogP contribution in [0.4, 0.5) is 0 Å². The van der Waals surface area contributed by atoms with Crippen molar-refractivity contribution in [3.8, 4) is 0 Å². The first-order valence-electron chi connectivity index (χ1n) is 7.86. The van der Waals surface area contributed by atoms with E-state index in [-0.39, 0.29) is 0 Å². The fraction of sp³-hybridized carbons (Fsp3) is 0.812. The number of rotatable bonds is 9. The van der Waals surface area contributed by atoms with E-state index in [1.165, 1.54) is 42.6 Å². The third kappa shape index (κ3) is 4.98. The zero-order chi connectivity index (χ0) is 14.3. The predicted molar refractivity (Wildman–Crippen MR) is 82.7 cm³/mol. The van der Waals surface area contributed by atoms with Crippen molar-refractivity contribution < 1.29 is 0 Å². The summed E-state index contributed by atoms with van der Waals surface area (Å²) in [5.74, 6) is 0. The highest BCUT2D eigenvalue weighted by atomic mass is 15.3. The Morgan fingerprint density at radius 2 is 1.95 bits per heavy atom. The van der Waals surface area contributed by atoms with E-state index >= 15 is 0 Å². The van der Waals surface area contributed by atoms with E-state index in [1.54, 1.807) is 0 Å². The van der Waals surface area contributed by atoms with Crippen LogP contribution in [0, 0.1) is 13.8 Å². The second kappa shape index (κ2) is 8.36. The Morgan fingerprint density at radius 3 is 2.53 bits per heavy atom. The maximum atomic E-state index is 4.65. The molecule has 19 heavy (non-hydrogen) atoms. The number of aromatic nitrogens is 2. The summed E-state index contributed by atoms with van der Waals surface area (Å²) < 4.78 is 2.19. The Hall–Kier alpha value is -0.830. The lowest BCUT2D eigenvalue weighted by molar-refractivity contribution is 0.463. The lowest BCUT2D eigenvalue weighted by Crippen LogP contribution is -2.26. The molecule has 0 saturated heterocycles. The average molecular weight is 265 g/mol. The van der Waals surface area contributed by atoms with Crippen LogP contribution in [0.2, 0.25) is 0 Å². The summed E-state index contributed by atoms with van der Waals surface area (Å²) in [5, 5.41) is 8.19. The van der Waals surface area contributed by atoms with Gasteiger partial charge in [-0.05, 0) is 58.6 Å². The van der Waals surface area contributed by atoms with Crippen molar-refractivity contribution in [3.63, 3.8) is 0 Å². The van der Waals surface area contributed by atoms with Crippen LogP contribution in [-0.2, 0) is 13.0 Å². The minimum absolute atomic E-state index is 0.645. The normalized spacial score (nSPS) is 12.9. The van der Waals surface area contributed by atoms with Crippen molar-refractivity contribution in [1.29, 1.82) is 0 Å². The van der Waals surface area contributed by atoms with Gasteiger partial charge in [-0.2, -0.15) is 5.10 Å². The Labute approximate surface area is 118 Å². The predicted octanol–water partition coefficient (Wildman–Crippen LogP) is 3.62. The second-order valence-corrected chi connectivity index (χ2v) is 5.58. The summed E-state index contributed by atoms with van der Waals surface area (Å²) in [4.78, 5) is 0. The molecular weight excluding hydrogens is 234 g/mol. The molecule has 0 aliphatic rings. The van der Waals surface area contributed by atoms with Gasteiger partial charge in [0.15, 0.2) is 0 Å². The summed E-state index contributed by atoms with van der Waals surface area (Å²) in [6.07, 6.45) is 6.08. The van der Waals surface area contributed by atoms with Crippen LogP contribution in [0.3, 0.4) is 0 Å². The standard InChI is InChI=1S/C16H31N3/c1-6-11-17-13(3)10-8-9-12-19-15(5)16(7-2)14(4)18-19/h13,17H,6-12H2,1-5H3. The molecule has 0 aromatic carbocycles. The number of aryl methyl sites for hydroxylation is 2. The zero-order valence-electron chi connectivity index (χ0n) is 13.4. The molecule has 3 heteroatoms. The molecule has 0 aliphatic heterocycles. The molecular formula is C16H31N3. The molecule has 3 nitrogen and oxygen atoms in total. The van der Waals surface area contributed by atoms with Gasteiger partial charge in [0, 0.05) is 18.3 Å². The van der Waals surface area contributed by atoms with Crippen LogP contribution in [0.15, 0.2) is 0 Å². The first kappa shape index (κ1) is 16.2. The van der Waals surface area contributed by atoms with Crippen molar-refractivity contribution in [2.75, 3.05) is 6.54 Å². The van der Waals surface area contributed by atoms with Gasteiger partial charge >= 0.3 is 0 Å². The maximum absolute atomic E-state index is 4.65. The van der Waals surface area contributed by atoms with Gasteiger partial charge < -0.3 is 5.32 Å². The van der Waals surface area contributed by atoms with Gasteiger partial charge in [-0.1, -0.05) is 20.3 Å². The van der Waals surface area contributed by atoms with E-state index in [1.807, 2.05) is 0 Å². The first-order valence-corrected chi connectivity index (χ1v) is 7.86. The van der Waals surface area contributed by atoms with Gasteiger partial charge in [-0.15, -0.1) is 0 Å². The second-order valence-electron chi connectivity index (χ2n) is 5.58. The van der Waals surface area contributed by atoms with Crippen LogP contribution in [0.5, 0.6) is 0 Å². The van der Waals surface area contributed by atoms with Crippen molar-refractivity contribution >= 4 is 0 Å². The lowest BCUT2D eigenvalue weighted by atomic mass is 10.1. The summed E-state index contributed by atoms with van der Waals surface area (Å²) in [6, 6.07) is 0.645. The lowest BCUT2D eigenvalue weighted by Gasteiger charge is -2.13. The third-order valence-corrected chi connectivity index (χ3v) is 3.88. The molecule has 1 atom stereocenters. The minimum Gasteiger partial charge on any atom is -0.314 e. The van der Waals surface area contributed by atoms with Crippen molar-refractivity contribution in [2.45, 2.75) is 79.3 Å². The molecule has 1 rings (SSSR count). The van der Waals surface area contributed by atoms with Gasteiger partial charge in [-0.3, -0.25) is 4.68 Å². The number of unbranched alkanes of at least 4 members (excludes halogenated alkanes) is 1. The molecule has 1 N–H and O–H groups in total. The van der Waals surface area contributed by atoms with Gasteiger partial charge in [-0.25, -0.2) is 0 Å². The van der Waals surface area contributed by atoms with E-state index in [0.717, 1.165) is 19.5 Å². The molecule has 1 unspecified atom stereocenters. The van der Waals surface area contributed by atoms with Crippen molar-refractivity contribution in [1.82, 2.24) is 15.1 Å². The number of hydrogen-bond acceptors (Lipinski definition) is 2. The van der Waals surface area contributed by atoms with Crippen LogP contribution >= 0.6 is 0 Å². The topological polar surface area (TPSA) is 29.9 Å². The molecule has 0 spiro atoms. The smallest absolute Gasteiger partial charge is 0.0628 e. The molecule has 0 radical (unpaired) electrons. The molecule has 1 aromatic heterocycles. The van der Waals surface area contributed by atoms with Gasteiger partial charge in [0.1, 0.15) is 0 Å². The summed E-state index contributed by atoms with van der Waals surface area (Å²) >= 11 is 0. The minimum atomic E-state index is 0.645. The first-order chi connectivity index (χ1) is 9.10. The van der Waals surface area contributed by atoms with Gasteiger partial charge in [0.2, 0.25) is 0 Å². The number of nitrogens with zero attached hydrogens (tertiary/aromatic N) is 2. The van der Waals surface area contributed by atoms with E-state index in [2.05, 4.69) is 49.7 Å². The van der Waals surface area contributed by atoms with Crippen molar-refractivity contribution in [3.05, 3.63) is 17.0 Å². The number of nitrogens with one attached hydrogen (secondary N) is 1. The highest BCUT2D eigenvalue weighted by molar-refractivity contribution is 5.24. The van der Waals surface area contributed by atoms with Gasteiger partial charge in [0.05, 0.1) is 5.69 Å². The highest BCUT2D eigenvalue weighted by Crippen LogP contribution is 2.14. The molecule has 0 fully saturated rings. The summed E-state index contributed by atoms with van der Waals surface area (Å²) in [6.45, 7) is 13.2. The fourth-order valence-electron chi connectivity index (χ4n) is 2.67. The van der Waals surface area contributed by atoms with Gasteiger partial charge in [0.25, 0.3) is 0 Å². The molecule has 1 aromatic rings. The highest BCUT2D eigenvalue weighted by Gasteiger charge is 2.09.